The molecule has 0 spiro atoms. The molecule has 1 N–H and O–H groups in total. The number of hydrogen-bond donors (Lipinski definition) is 1. The third-order valence-corrected chi connectivity index (χ3v) is 6.50. The van der Waals surface area contributed by atoms with E-state index in [1.165, 1.54) is 36.7 Å². The number of nitrogens with one attached hydrogen (secondary N) is 1. The van der Waals surface area contributed by atoms with Crippen molar-refractivity contribution in [3.8, 4) is 17.0 Å². The quantitative estimate of drug-likeness (QED) is 0.611. The van der Waals surface area contributed by atoms with Gasteiger partial charge in [-0.25, -0.2) is 9.38 Å². The lowest BCUT2D eigenvalue weighted by molar-refractivity contribution is -0.118. The molecule has 1 amide bonds. The molecule has 0 bridgehead atoms. The number of hydrogen-bond acceptors (Lipinski definition) is 4. The van der Waals surface area contributed by atoms with Crippen molar-refractivity contribution in [2.45, 2.75) is 38.1 Å². The smallest absolute Gasteiger partial charge is 0.262 e. The molecule has 2 aromatic carbocycles. The fourth-order valence-corrected chi connectivity index (χ4v) is 5.17. The number of halogens is 1. The Morgan fingerprint density at radius 3 is 2.80 bits per heavy atom. The largest absolute Gasteiger partial charge is 0.482 e. The zero-order valence-corrected chi connectivity index (χ0v) is 17.3. The molecule has 1 fully saturated rings. The van der Waals surface area contributed by atoms with Crippen LogP contribution in [-0.4, -0.2) is 17.1 Å². The number of ether oxygens (including phenoxy) is 1. The van der Waals surface area contributed by atoms with E-state index in [0.717, 1.165) is 28.9 Å². The van der Waals surface area contributed by atoms with Crippen LogP contribution in [-0.2, 0) is 4.79 Å². The molecular weight excluding hydrogens is 401 g/mol. The number of fused-ring (bicyclic) bond motifs is 1. The van der Waals surface area contributed by atoms with Crippen LogP contribution in [0.2, 0.25) is 0 Å². The van der Waals surface area contributed by atoms with Crippen LogP contribution in [0.3, 0.4) is 0 Å². The predicted octanol–water partition coefficient (Wildman–Crippen LogP) is 5.42. The van der Waals surface area contributed by atoms with Crippen LogP contribution in [0, 0.1) is 5.82 Å². The maximum Gasteiger partial charge on any atom is 0.262 e. The van der Waals surface area contributed by atoms with E-state index in [1.54, 1.807) is 18.2 Å². The summed E-state index contributed by atoms with van der Waals surface area (Å²) in [6.07, 6.45) is 5.77. The average molecular weight is 424 g/mol. The van der Waals surface area contributed by atoms with E-state index in [2.05, 4.69) is 20.3 Å². The Bertz CT molecular complexity index is 1160. The molecule has 7 heteroatoms. The standard InChI is InChI=1S/C23H22FN3O2S/c24-17-8-4-5-9-18(17)26-23-27(16-6-2-1-3-7-16)20(14-30-23)15-10-11-21-19(12-15)25-22(28)13-29-21/h4-5,8-12,14,16H,1-3,6-7,13H2,(H,25,28). The Morgan fingerprint density at radius 1 is 1.13 bits per heavy atom. The molecule has 2 aliphatic rings. The van der Waals surface area contributed by atoms with Crippen LogP contribution in [0.15, 0.2) is 52.8 Å². The van der Waals surface area contributed by atoms with Gasteiger partial charge < -0.3 is 14.6 Å². The summed E-state index contributed by atoms with van der Waals surface area (Å²) in [6, 6.07) is 12.8. The van der Waals surface area contributed by atoms with Crippen LogP contribution >= 0.6 is 11.3 Å². The summed E-state index contributed by atoms with van der Waals surface area (Å²) < 4.78 is 22.0. The van der Waals surface area contributed by atoms with E-state index < -0.39 is 0 Å². The number of carbonyl (C=O) groups excluding carboxylic acids is 1. The molecule has 5 nitrogen and oxygen atoms in total. The lowest BCUT2D eigenvalue weighted by atomic mass is 9.95. The fourth-order valence-electron chi connectivity index (χ4n) is 4.19. The van der Waals surface area contributed by atoms with Crippen molar-refractivity contribution in [3.05, 3.63) is 58.5 Å². The number of aromatic nitrogens is 1. The Labute approximate surface area is 177 Å². The highest BCUT2D eigenvalue weighted by atomic mass is 32.1. The first-order valence-corrected chi connectivity index (χ1v) is 11.1. The van der Waals surface area contributed by atoms with Gasteiger partial charge in [0.15, 0.2) is 11.4 Å². The van der Waals surface area contributed by atoms with Gasteiger partial charge in [0.2, 0.25) is 0 Å². The van der Waals surface area contributed by atoms with Crippen molar-refractivity contribution >= 4 is 28.6 Å². The van der Waals surface area contributed by atoms with Gasteiger partial charge in [0.25, 0.3) is 5.91 Å². The van der Waals surface area contributed by atoms with Crippen LogP contribution < -0.4 is 14.9 Å². The number of thiazole rings is 1. The monoisotopic (exact) mass is 423 g/mol. The van der Waals surface area contributed by atoms with Gasteiger partial charge in [0.05, 0.1) is 11.4 Å². The minimum atomic E-state index is -0.323. The zero-order valence-electron chi connectivity index (χ0n) is 16.4. The minimum Gasteiger partial charge on any atom is -0.482 e. The second kappa shape index (κ2) is 8.07. The number of amides is 1. The predicted molar refractivity (Wildman–Crippen MR) is 116 cm³/mol. The van der Waals surface area contributed by atoms with Crippen LogP contribution in [0.4, 0.5) is 15.8 Å². The summed E-state index contributed by atoms with van der Waals surface area (Å²) in [7, 11) is 0. The van der Waals surface area contributed by atoms with Gasteiger partial charge in [0.1, 0.15) is 17.3 Å². The molecule has 0 saturated heterocycles. The molecule has 0 unspecified atom stereocenters. The topological polar surface area (TPSA) is 55.6 Å². The molecule has 3 aromatic rings. The molecule has 0 atom stereocenters. The minimum absolute atomic E-state index is 0.0402. The highest BCUT2D eigenvalue weighted by Crippen LogP contribution is 2.36. The van der Waals surface area contributed by atoms with Gasteiger partial charge in [-0.1, -0.05) is 31.4 Å². The first kappa shape index (κ1) is 19.1. The molecule has 0 radical (unpaired) electrons. The lowest BCUT2D eigenvalue weighted by Gasteiger charge is -2.26. The second-order valence-electron chi connectivity index (χ2n) is 7.68. The van der Waals surface area contributed by atoms with Gasteiger partial charge >= 0.3 is 0 Å². The highest BCUT2D eigenvalue weighted by Gasteiger charge is 2.22. The zero-order chi connectivity index (χ0) is 20.5. The van der Waals surface area contributed by atoms with Crippen molar-refractivity contribution in [2.24, 2.45) is 4.99 Å². The summed E-state index contributed by atoms with van der Waals surface area (Å²) in [5, 5.41) is 4.95. The van der Waals surface area contributed by atoms with E-state index in [4.69, 9.17) is 4.74 Å². The Balaban J connectivity index is 1.64. The third-order valence-electron chi connectivity index (χ3n) is 5.66. The Morgan fingerprint density at radius 2 is 1.97 bits per heavy atom. The van der Waals surface area contributed by atoms with Crippen molar-refractivity contribution in [1.82, 2.24) is 4.57 Å². The first-order chi connectivity index (χ1) is 14.7. The van der Waals surface area contributed by atoms with Gasteiger partial charge in [-0.05, 0) is 43.2 Å². The molecular formula is C23H22FN3O2S. The van der Waals surface area contributed by atoms with Gasteiger partial charge in [-0.2, -0.15) is 0 Å². The van der Waals surface area contributed by atoms with Gasteiger partial charge in [0, 0.05) is 17.0 Å². The number of carbonyl (C=O) groups is 1. The lowest BCUT2D eigenvalue weighted by Crippen LogP contribution is -2.25. The second-order valence-corrected chi connectivity index (χ2v) is 8.51. The SMILES string of the molecule is O=C1COc2ccc(-c3csc(=Nc4ccccc4F)n3C3CCCCC3)cc2N1. The van der Waals surface area contributed by atoms with Crippen LogP contribution in [0.5, 0.6) is 5.75 Å². The maximum absolute atomic E-state index is 14.3. The molecule has 2 heterocycles. The van der Waals surface area contributed by atoms with E-state index in [0.29, 0.717) is 23.2 Å². The molecule has 1 aliphatic carbocycles. The summed E-state index contributed by atoms with van der Waals surface area (Å²) in [4.78, 5) is 17.2. The maximum atomic E-state index is 14.3. The van der Waals surface area contributed by atoms with Crippen LogP contribution in [0.25, 0.3) is 11.3 Å². The summed E-state index contributed by atoms with van der Waals surface area (Å²) in [6.45, 7) is 0.0402. The van der Waals surface area contributed by atoms with Gasteiger partial charge in [-0.3, -0.25) is 4.79 Å². The molecule has 1 saturated carbocycles. The number of anilines is 1. The first-order valence-electron chi connectivity index (χ1n) is 10.3. The molecule has 1 aromatic heterocycles. The number of rotatable bonds is 3. The fraction of sp³-hybridized carbons (Fsp3) is 0.304. The number of para-hydroxylation sites is 1. The van der Waals surface area contributed by atoms with E-state index >= 15 is 0 Å². The Hall–Kier alpha value is -2.93. The third kappa shape index (κ3) is 3.65. The van der Waals surface area contributed by atoms with Crippen molar-refractivity contribution in [3.63, 3.8) is 0 Å². The summed E-state index contributed by atoms with van der Waals surface area (Å²) in [5.41, 5.74) is 3.04. The van der Waals surface area contributed by atoms with Gasteiger partial charge in [-0.15, -0.1) is 11.3 Å². The van der Waals surface area contributed by atoms with Crippen LogP contribution in [0.1, 0.15) is 38.1 Å². The molecule has 154 valence electrons. The molecule has 30 heavy (non-hydrogen) atoms. The van der Waals surface area contributed by atoms with Crippen molar-refractivity contribution in [2.75, 3.05) is 11.9 Å². The summed E-state index contributed by atoms with van der Waals surface area (Å²) >= 11 is 1.52. The Kier molecular flexibility index (Phi) is 5.12. The van der Waals surface area contributed by atoms with E-state index in [-0.39, 0.29) is 18.3 Å². The normalized spacial score (nSPS) is 17.4. The number of nitrogens with zero attached hydrogens (tertiary/aromatic N) is 2. The van der Waals surface area contributed by atoms with E-state index in [9.17, 15) is 9.18 Å². The average Bonchev–Trinajstić information content (AvgIpc) is 3.19. The highest BCUT2D eigenvalue weighted by molar-refractivity contribution is 7.07. The molecule has 5 rings (SSSR count). The van der Waals surface area contributed by atoms with E-state index in [1.807, 2.05) is 18.2 Å². The van der Waals surface area contributed by atoms with Crippen molar-refractivity contribution < 1.29 is 13.9 Å². The summed E-state index contributed by atoms with van der Waals surface area (Å²) in [5.74, 6) is 0.200. The number of benzene rings is 2. The van der Waals surface area contributed by atoms with Crippen molar-refractivity contribution in [1.29, 1.82) is 0 Å². The molecule has 1 aliphatic heterocycles.